The first-order valence-electron chi connectivity index (χ1n) is 6.80. The molecule has 1 rings (SSSR count). The smallest absolute Gasteiger partial charge is 0.744 e. The van der Waals surface area contributed by atoms with Gasteiger partial charge in [-0.3, -0.25) is 0 Å². The van der Waals surface area contributed by atoms with Gasteiger partial charge in [-0.15, -0.1) is 0 Å². The Morgan fingerprint density at radius 3 is 2.10 bits per heavy atom. The van der Waals surface area contributed by atoms with Crippen LogP contribution in [0.5, 0.6) is 0 Å². The molecule has 1 aromatic rings. The molecule has 1 aromatic carbocycles. The fraction of sp³-hybridized carbons (Fsp3) is 0.571. The number of rotatable bonds is 8. The van der Waals surface area contributed by atoms with Crippen LogP contribution in [0.4, 0.5) is 5.69 Å². The summed E-state index contributed by atoms with van der Waals surface area (Å²) in [4.78, 5) is 2.00. The van der Waals surface area contributed by atoms with Crippen LogP contribution < -0.4 is 34.5 Å². The van der Waals surface area contributed by atoms with Crippen molar-refractivity contribution in [3.05, 3.63) is 24.3 Å². The molecule has 0 fully saturated rings. The van der Waals surface area contributed by atoms with Crippen molar-refractivity contribution >= 4 is 15.8 Å². The Balaban J connectivity index is 0.00000361. The van der Waals surface area contributed by atoms with Gasteiger partial charge in [0.1, 0.15) is 10.1 Å². The number of benzene rings is 1. The fourth-order valence-corrected chi connectivity index (χ4v) is 2.41. The molecule has 0 bridgehead atoms. The Hall–Kier alpha value is -0.0700. The number of hydrogen-bond donors (Lipinski definition) is 0. The molecule has 4 nitrogen and oxygen atoms in total. The van der Waals surface area contributed by atoms with E-state index in [-0.39, 0.29) is 34.5 Å². The van der Waals surface area contributed by atoms with Gasteiger partial charge in [-0.2, -0.15) is 0 Å². The van der Waals surface area contributed by atoms with Gasteiger partial charge in [0.25, 0.3) is 0 Å². The summed E-state index contributed by atoms with van der Waals surface area (Å²) in [6, 6.07) is 6.32. The van der Waals surface area contributed by atoms with Crippen molar-refractivity contribution in [1.82, 2.24) is 0 Å². The van der Waals surface area contributed by atoms with Gasteiger partial charge in [0.2, 0.25) is 0 Å². The summed E-state index contributed by atoms with van der Waals surface area (Å²) in [7, 11) is -4.38. The minimum atomic E-state index is -4.38. The normalized spacial score (nSPS) is 10.9. The van der Waals surface area contributed by atoms with Gasteiger partial charge >= 0.3 is 29.6 Å². The zero-order chi connectivity index (χ0) is 14.3. The summed E-state index contributed by atoms with van der Waals surface area (Å²) in [5, 5.41) is 0. The fourth-order valence-electron chi connectivity index (χ4n) is 1.90. The van der Waals surface area contributed by atoms with Gasteiger partial charge in [0, 0.05) is 18.8 Å². The minimum Gasteiger partial charge on any atom is -0.744 e. The molecule has 0 unspecified atom stereocenters. The van der Waals surface area contributed by atoms with Crippen molar-refractivity contribution < 1.29 is 42.5 Å². The van der Waals surface area contributed by atoms with Crippen molar-refractivity contribution in [2.75, 3.05) is 18.0 Å². The van der Waals surface area contributed by atoms with E-state index in [9.17, 15) is 13.0 Å². The van der Waals surface area contributed by atoms with Crippen LogP contribution in [0.1, 0.15) is 39.5 Å². The SMILES string of the molecule is CCCCN(CCCC)c1cccc(S(=O)(=O)[O-])c1.[Na+]. The van der Waals surface area contributed by atoms with Crippen LogP contribution in [0.15, 0.2) is 29.2 Å². The second-order valence-corrected chi connectivity index (χ2v) is 6.03. The van der Waals surface area contributed by atoms with Crippen molar-refractivity contribution in [2.24, 2.45) is 0 Å². The van der Waals surface area contributed by atoms with Crippen molar-refractivity contribution in [3.63, 3.8) is 0 Å². The Morgan fingerprint density at radius 1 is 1.10 bits per heavy atom. The maximum atomic E-state index is 11.1. The van der Waals surface area contributed by atoms with E-state index in [1.165, 1.54) is 12.1 Å². The summed E-state index contributed by atoms with van der Waals surface area (Å²) in [5.74, 6) is 0. The van der Waals surface area contributed by atoms with E-state index in [4.69, 9.17) is 0 Å². The molecule has 20 heavy (non-hydrogen) atoms. The third kappa shape index (κ3) is 6.59. The third-order valence-corrected chi connectivity index (χ3v) is 3.87. The molecular weight excluding hydrogens is 285 g/mol. The van der Waals surface area contributed by atoms with E-state index in [2.05, 4.69) is 18.7 Å². The number of anilines is 1. The molecule has 0 radical (unpaired) electrons. The van der Waals surface area contributed by atoms with Crippen LogP contribution in [-0.2, 0) is 10.1 Å². The van der Waals surface area contributed by atoms with E-state index < -0.39 is 10.1 Å². The predicted octanol–water partition coefficient (Wildman–Crippen LogP) is 0.00130. The van der Waals surface area contributed by atoms with Gasteiger partial charge in [-0.1, -0.05) is 32.8 Å². The molecule has 0 atom stereocenters. The van der Waals surface area contributed by atoms with E-state index in [0.717, 1.165) is 44.5 Å². The van der Waals surface area contributed by atoms with Crippen molar-refractivity contribution in [1.29, 1.82) is 0 Å². The van der Waals surface area contributed by atoms with Crippen LogP contribution in [0.2, 0.25) is 0 Å². The molecule has 0 aliphatic rings. The second kappa shape index (κ2) is 9.79. The largest absolute Gasteiger partial charge is 1.00 e. The summed E-state index contributed by atoms with van der Waals surface area (Å²) in [6.07, 6.45) is 4.28. The maximum absolute atomic E-state index is 11.1. The van der Waals surface area contributed by atoms with Gasteiger partial charge in [0.05, 0.1) is 4.90 Å². The Labute approximate surface area is 144 Å². The van der Waals surface area contributed by atoms with Crippen molar-refractivity contribution in [2.45, 2.75) is 44.4 Å². The molecule has 0 saturated heterocycles. The van der Waals surface area contributed by atoms with E-state index >= 15 is 0 Å². The topological polar surface area (TPSA) is 60.4 Å². The van der Waals surface area contributed by atoms with Crippen LogP contribution in [0.25, 0.3) is 0 Å². The second-order valence-electron chi connectivity index (χ2n) is 4.65. The molecule has 0 aromatic heterocycles. The Kier molecular flexibility index (Phi) is 9.76. The van der Waals surface area contributed by atoms with Crippen LogP contribution in [0.3, 0.4) is 0 Å². The van der Waals surface area contributed by atoms with Crippen LogP contribution in [-0.4, -0.2) is 26.1 Å². The molecule has 108 valence electrons. The van der Waals surface area contributed by atoms with E-state index in [1.54, 1.807) is 6.07 Å². The van der Waals surface area contributed by atoms with Crippen LogP contribution >= 0.6 is 0 Å². The first-order valence-corrected chi connectivity index (χ1v) is 8.20. The van der Waals surface area contributed by atoms with Crippen LogP contribution in [0, 0.1) is 0 Å². The minimum absolute atomic E-state index is 0. The standard InChI is InChI=1S/C14H23NO3S.Na/c1-3-5-10-15(11-6-4-2)13-8-7-9-14(12-13)19(16,17)18;/h7-9,12H,3-6,10-11H2,1-2H3,(H,16,17,18);/q;+1/p-1. The first kappa shape index (κ1) is 19.9. The van der Waals surface area contributed by atoms with E-state index in [1.807, 2.05) is 6.07 Å². The summed E-state index contributed by atoms with van der Waals surface area (Å²) < 4.78 is 33.2. The third-order valence-electron chi connectivity index (χ3n) is 3.03. The molecule has 6 heteroatoms. The van der Waals surface area contributed by atoms with Gasteiger partial charge in [0.15, 0.2) is 0 Å². The molecule has 0 amide bonds. The van der Waals surface area contributed by atoms with Gasteiger partial charge in [-0.05, 0) is 31.0 Å². The summed E-state index contributed by atoms with van der Waals surface area (Å²) in [5.41, 5.74) is 0.818. The average molecular weight is 307 g/mol. The molecule has 0 N–H and O–H groups in total. The van der Waals surface area contributed by atoms with Gasteiger partial charge < -0.3 is 9.45 Å². The summed E-state index contributed by atoms with van der Waals surface area (Å²) >= 11 is 0. The van der Waals surface area contributed by atoms with Crippen molar-refractivity contribution in [3.8, 4) is 0 Å². The number of hydrogen-bond acceptors (Lipinski definition) is 4. The van der Waals surface area contributed by atoms with E-state index in [0.29, 0.717) is 0 Å². The molecular formula is C14H22NNaO3S. The Bertz CT molecular complexity index is 483. The molecule has 0 aliphatic heterocycles. The predicted molar refractivity (Wildman–Crippen MR) is 76.4 cm³/mol. The quantitative estimate of drug-likeness (QED) is 0.501. The molecule has 0 spiro atoms. The Morgan fingerprint density at radius 2 is 1.65 bits per heavy atom. The zero-order valence-electron chi connectivity index (χ0n) is 12.6. The molecule has 0 heterocycles. The zero-order valence-corrected chi connectivity index (χ0v) is 15.4. The average Bonchev–Trinajstić information content (AvgIpc) is 2.38. The first-order chi connectivity index (χ1) is 8.99. The number of unbranched alkanes of at least 4 members (excludes halogenated alkanes) is 2. The van der Waals surface area contributed by atoms with Gasteiger partial charge in [-0.25, -0.2) is 8.42 Å². The molecule has 0 aliphatic carbocycles. The molecule has 0 saturated carbocycles. The number of nitrogens with zero attached hydrogens (tertiary/aromatic N) is 1. The maximum Gasteiger partial charge on any atom is 1.00 e. The summed E-state index contributed by atoms with van der Waals surface area (Å²) in [6.45, 7) is 6.02. The monoisotopic (exact) mass is 307 g/mol.